The first-order valence-corrected chi connectivity index (χ1v) is 10.7. The first kappa shape index (κ1) is 22.0. The van der Waals surface area contributed by atoms with Crippen molar-refractivity contribution in [1.82, 2.24) is 24.6 Å². The average molecular weight is 439 g/mol. The van der Waals surface area contributed by atoms with Crippen molar-refractivity contribution in [3.05, 3.63) is 106 Å². The summed E-state index contributed by atoms with van der Waals surface area (Å²) in [5, 5.41) is 7.66. The summed E-state index contributed by atoms with van der Waals surface area (Å²) in [5.74, 6) is 0.207. The van der Waals surface area contributed by atoms with E-state index in [1.54, 1.807) is 24.0 Å². The maximum absolute atomic E-state index is 12.2. The molecule has 0 saturated heterocycles. The van der Waals surface area contributed by atoms with Gasteiger partial charge < -0.3 is 9.88 Å². The summed E-state index contributed by atoms with van der Waals surface area (Å²) in [4.78, 5) is 19.9. The molecule has 0 fully saturated rings. The molecule has 2 aromatic heterocycles. The topological polar surface area (TPSA) is 69.1 Å². The van der Waals surface area contributed by atoms with E-state index in [1.165, 1.54) is 11.1 Å². The predicted molar refractivity (Wildman–Crippen MR) is 128 cm³/mol. The summed E-state index contributed by atoms with van der Waals surface area (Å²) in [6, 6.07) is 14.0. The number of benzene rings is 2. The molecule has 0 bridgehead atoms. The molecular weight excluding hydrogens is 412 g/mol. The highest BCUT2D eigenvalue weighted by atomic mass is 16.2. The molecule has 0 unspecified atom stereocenters. The van der Waals surface area contributed by atoms with Gasteiger partial charge in [0.05, 0.1) is 18.0 Å². The van der Waals surface area contributed by atoms with Gasteiger partial charge in [-0.15, -0.1) is 0 Å². The van der Waals surface area contributed by atoms with Gasteiger partial charge in [0.1, 0.15) is 0 Å². The highest BCUT2D eigenvalue weighted by Crippen LogP contribution is 2.25. The van der Waals surface area contributed by atoms with E-state index in [0.29, 0.717) is 18.1 Å². The highest BCUT2D eigenvalue weighted by molar-refractivity contribution is 5.90. The third-order valence-corrected chi connectivity index (χ3v) is 5.87. The minimum atomic E-state index is -0.190. The van der Waals surface area contributed by atoms with Crippen LogP contribution in [0, 0.1) is 27.3 Å². The van der Waals surface area contributed by atoms with Gasteiger partial charge in [-0.2, -0.15) is 5.10 Å². The van der Waals surface area contributed by atoms with Gasteiger partial charge in [0.15, 0.2) is 11.5 Å². The fourth-order valence-electron chi connectivity index (χ4n) is 3.90. The number of rotatable bonds is 6. The fraction of sp³-hybridized carbons (Fsp3) is 0.231. The Kier molecular flexibility index (Phi) is 6.09. The monoisotopic (exact) mass is 438 g/mol. The molecule has 0 aliphatic heterocycles. The number of imidazole rings is 1. The normalized spacial score (nSPS) is 10.8. The molecule has 0 aliphatic carbocycles. The number of carbonyl (C=O) groups excluding carboxylic acids is 1. The van der Waals surface area contributed by atoms with Crippen LogP contribution in [0.25, 0.3) is 10.5 Å². The number of hydrogen-bond donors (Lipinski definition) is 1. The van der Waals surface area contributed by atoms with Crippen molar-refractivity contribution in [3.8, 4) is 5.69 Å². The van der Waals surface area contributed by atoms with E-state index >= 15 is 0 Å². The summed E-state index contributed by atoms with van der Waals surface area (Å²) in [7, 11) is 1.80. The van der Waals surface area contributed by atoms with Gasteiger partial charge in [0, 0.05) is 43.7 Å². The van der Waals surface area contributed by atoms with Crippen LogP contribution >= 0.6 is 0 Å². The molecule has 4 rings (SSSR count). The second-order valence-corrected chi connectivity index (χ2v) is 8.18. The molecule has 0 spiro atoms. The van der Waals surface area contributed by atoms with Crippen molar-refractivity contribution >= 4 is 11.6 Å². The lowest BCUT2D eigenvalue weighted by atomic mass is 10.0. The highest BCUT2D eigenvalue weighted by Gasteiger charge is 2.14. The number of carbonyl (C=O) groups is 1. The number of hydrogen-bond acceptors (Lipinski definition) is 3. The molecule has 0 radical (unpaired) electrons. The van der Waals surface area contributed by atoms with Crippen molar-refractivity contribution < 1.29 is 4.79 Å². The van der Waals surface area contributed by atoms with Crippen molar-refractivity contribution in [3.63, 3.8) is 0 Å². The molecule has 0 saturated carbocycles. The molecule has 0 atom stereocenters. The summed E-state index contributed by atoms with van der Waals surface area (Å²) >= 11 is 0. The largest absolute Gasteiger partial charge is 0.345 e. The minimum absolute atomic E-state index is 0.190. The Morgan fingerprint density at radius 2 is 1.82 bits per heavy atom. The van der Waals surface area contributed by atoms with Gasteiger partial charge in [-0.25, -0.2) is 14.5 Å². The average Bonchev–Trinajstić information content (AvgIpc) is 3.36. The van der Waals surface area contributed by atoms with Crippen LogP contribution in [-0.4, -0.2) is 25.2 Å². The Morgan fingerprint density at radius 1 is 1.09 bits per heavy atom. The van der Waals surface area contributed by atoms with E-state index in [0.717, 1.165) is 34.6 Å². The second-order valence-electron chi connectivity index (χ2n) is 8.18. The van der Waals surface area contributed by atoms with Gasteiger partial charge >= 0.3 is 0 Å². The van der Waals surface area contributed by atoms with Crippen LogP contribution in [0.5, 0.6) is 0 Å². The van der Waals surface area contributed by atoms with Gasteiger partial charge in [-0.3, -0.25) is 4.79 Å². The molecule has 166 valence electrons. The summed E-state index contributed by atoms with van der Waals surface area (Å²) < 4.78 is 3.65. The molecule has 1 N–H and O–H groups in total. The van der Waals surface area contributed by atoms with Crippen LogP contribution in [0.1, 0.15) is 44.3 Å². The molecule has 2 heterocycles. The smallest absolute Gasteiger partial charge is 0.287 e. The number of aryl methyl sites for hydroxylation is 3. The quantitative estimate of drug-likeness (QED) is 0.447. The molecular formula is C26H26N6O. The Labute approximate surface area is 193 Å². The molecule has 4 aromatic rings. The second kappa shape index (κ2) is 9.13. The zero-order valence-electron chi connectivity index (χ0n) is 19.3. The summed E-state index contributed by atoms with van der Waals surface area (Å²) in [5.41, 5.74) is 8.06. The van der Waals surface area contributed by atoms with Crippen molar-refractivity contribution in [2.24, 2.45) is 7.05 Å². The fourth-order valence-corrected chi connectivity index (χ4v) is 3.90. The lowest BCUT2D eigenvalue weighted by Crippen LogP contribution is -2.25. The van der Waals surface area contributed by atoms with Crippen molar-refractivity contribution in [1.29, 1.82) is 0 Å². The standard InChI is InChI=1S/C26H26N6O/c1-17-14-22(10-11-24(17)27-4)32-19(3)23(18(2)30-32)15-20-6-8-21(9-7-20)16-29-26(33)25-28-12-13-31(25)5/h6-14H,15-16H2,1-3,5H3,(H,29,33). The van der Waals surface area contributed by atoms with Gasteiger partial charge in [-0.1, -0.05) is 30.3 Å². The third kappa shape index (κ3) is 4.55. The molecule has 2 aromatic carbocycles. The van der Waals surface area contributed by atoms with E-state index in [9.17, 15) is 4.79 Å². The Balaban J connectivity index is 1.46. The number of amides is 1. The van der Waals surface area contributed by atoms with Gasteiger partial charge in [0.2, 0.25) is 0 Å². The van der Waals surface area contributed by atoms with Crippen LogP contribution in [0.4, 0.5) is 5.69 Å². The Bertz CT molecular complexity index is 1350. The first-order chi connectivity index (χ1) is 15.9. The Morgan fingerprint density at radius 3 is 2.45 bits per heavy atom. The maximum Gasteiger partial charge on any atom is 0.287 e. The first-order valence-electron chi connectivity index (χ1n) is 10.7. The SMILES string of the molecule is [C-]#[N+]c1ccc(-n2nc(C)c(Cc3ccc(CNC(=O)c4nccn4C)cc3)c2C)cc1C. The zero-order valence-corrected chi connectivity index (χ0v) is 19.3. The van der Waals surface area contributed by atoms with Gasteiger partial charge in [-0.05, 0) is 49.6 Å². The number of nitrogens with one attached hydrogen (secondary N) is 1. The molecule has 1 amide bonds. The molecule has 7 nitrogen and oxygen atoms in total. The summed E-state index contributed by atoms with van der Waals surface area (Å²) in [6.07, 6.45) is 4.13. The van der Waals surface area contributed by atoms with E-state index in [2.05, 4.69) is 34.2 Å². The lowest BCUT2D eigenvalue weighted by molar-refractivity contribution is 0.0937. The predicted octanol–water partition coefficient (Wildman–Crippen LogP) is 4.60. The molecule has 0 aliphatic rings. The molecule has 7 heteroatoms. The van der Waals surface area contributed by atoms with E-state index in [1.807, 2.05) is 48.9 Å². The molecule has 33 heavy (non-hydrogen) atoms. The van der Waals surface area contributed by atoms with Gasteiger partial charge in [0.25, 0.3) is 5.91 Å². The van der Waals surface area contributed by atoms with E-state index < -0.39 is 0 Å². The van der Waals surface area contributed by atoms with E-state index in [4.69, 9.17) is 11.7 Å². The van der Waals surface area contributed by atoms with E-state index in [-0.39, 0.29) is 5.91 Å². The zero-order chi connectivity index (χ0) is 23.5. The van der Waals surface area contributed by atoms with Crippen molar-refractivity contribution in [2.75, 3.05) is 0 Å². The van der Waals surface area contributed by atoms with Crippen LogP contribution in [0.3, 0.4) is 0 Å². The van der Waals surface area contributed by atoms with Crippen molar-refractivity contribution in [2.45, 2.75) is 33.7 Å². The number of aromatic nitrogens is 4. The Hall–Kier alpha value is -4.18. The third-order valence-electron chi connectivity index (χ3n) is 5.87. The maximum atomic E-state index is 12.2. The lowest BCUT2D eigenvalue weighted by Gasteiger charge is -2.09. The van der Waals surface area contributed by atoms with Crippen LogP contribution in [0.2, 0.25) is 0 Å². The number of nitrogens with zero attached hydrogens (tertiary/aromatic N) is 5. The van der Waals surface area contributed by atoms with Crippen LogP contribution in [-0.2, 0) is 20.0 Å². The summed E-state index contributed by atoms with van der Waals surface area (Å²) in [6.45, 7) is 13.7. The van der Waals surface area contributed by atoms with Crippen LogP contribution < -0.4 is 5.32 Å². The minimum Gasteiger partial charge on any atom is -0.345 e. The van der Waals surface area contributed by atoms with Crippen LogP contribution in [0.15, 0.2) is 54.9 Å².